The van der Waals surface area contributed by atoms with Crippen molar-refractivity contribution in [1.29, 1.82) is 0 Å². The molecule has 1 heterocycles. The summed E-state index contributed by atoms with van der Waals surface area (Å²) in [4.78, 5) is 25.9. The third-order valence-electron chi connectivity index (χ3n) is 2.12. The second-order valence-electron chi connectivity index (χ2n) is 3.38. The van der Waals surface area contributed by atoms with E-state index in [9.17, 15) is 9.59 Å². The zero-order chi connectivity index (χ0) is 12.7. The molecule has 1 aromatic rings. The molecule has 2 amide bonds. The Bertz CT molecular complexity index is 365. The number of H-pyrrole nitrogens is 1. The number of aromatic amines is 1. The van der Waals surface area contributed by atoms with Gasteiger partial charge in [0.25, 0.3) is 0 Å². The molecule has 0 fully saturated rings. The number of nitrogens with one attached hydrogen (secondary N) is 3. The molecule has 17 heavy (non-hydrogen) atoms. The highest BCUT2D eigenvalue weighted by Crippen LogP contribution is 1.90. The lowest BCUT2D eigenvalue weighted by Gasteiger charge is -2.12. The van der Waals surface area contributed by atoms with Gasteiger partial charge in [0, 0.05) is 13.0 Å². The van der Waals surface area contributed by atoms with Crippen LogP contribution in [0, 0.1) is 0 Å². The molecule has 0 unspecified atom stereocenters. The highest BCUT2D eigenvalue weighted by atomic mass is 16.4. The van der Waals surface area contributed by atoms with Gasteiger partial charge < -0.3 is 15.7 Å². The van der Waals surface area contributed by atoms with Crippen molar-refractivity contribution >= 4 is 12.0 Å². The predicted molar refractivity (Wildman–Crippen MR) is 58.3 cm³/mol. The van der Waals surface area contributed by atoms with Gasteiger partial charge in [0.2, 0.25) is 0 Å². The van der Waals surface area contributed by atoms with E-state index < -0.39 is 18.0 Å². The van der Waals surface area contributed by atoms with Crippen LogP contribution in [0.25, 0.3) is 0 Å². The molecule has 1 rings (SSSR count). The molecule has 0 radical (unpaired) electrons. The number of aliphatic carboxylic acids is 1. The van der Waals surface area contributed by atoms with Gasteiger partial charge in [-0.05, 0) is 6.42 Å². The van der Waals surface area contributed by atoms with Crippen molar-refractivity contribution in [3.63, 3.8) is 0 Å². The van der Waals surface area contributed by atoms with E-state index in [1.165, 1.54) is 6.33 Å². The van der Waals surface area contributed by atoms with Gasteiger partial charge in [0.1, 0.15) is 18.2 Å². The van der Waals surface area contributed by atoms with E-state index in [1.54, 1.807) is 6.92 Å². The Morgan fingerprint density at radius 2 is 2.35 bits per heavy atom. The van der Waals surface area contributed by atoms with Gasteiger partial charge in [-0.3, -0.25) is 5.10 Å². The van der Waals surface area contributed by atoms with E-state index >= 15 is 0 Å². The number of carbonyl (C=O) groups excluding carboxylic acids is 1. The molecule has 8 heteroatoms. The van der Waals surface area contributed by atoms with Crippen molar-refractivity contribution in [2.45, 2.75) is 25.8 Å². The van der Waals surface area contributed by atoms with Crippen molar-refractivity contribution in [1.82, 2.24) is 25.8 Å². The minimum atomic E-state index is -1.04. The second kappa shape index (κ2) is 6.46. The van der Waals surface area contributed by atoms with Crippen LogP contribution in [0.15, 0.2) is 6.33 Å². The highest BCUT2D eigenvalue weighted by Gasteiger charge is 2.16. The van der Waals surface area contributed by atoms with Crippen LogP contribution in [0.4, 0.5) is 4.79 Å². The fourth-order valence-corrected chi connectivity index (χ4v) is 1.19. The number of carboxylic acids is 1. The summed E-state index contributed by atoms with van der Waals surface area (Å²) in [7, 11) is 0. The van der Waals surface area contributed by atoms with Crippen molar-refractivity contribution in [2.24, 2.45) is 0 Å². The van der Waals surface area contributed by atoms with Gasteiger partial charge in [-0.15, -0.1) is 0 Å². The number of carbonyl (C=O) groups is 2. The van der Waals surface area contributed by atoms with Crippen LogP contribution in [0.1, 0.15) is 19.2 Å². The third kappa shape index (κ3) is 4.49. The molecule has 0 aromatic carbocycles. The standard InChI is InChI=1S/C9H15N5O3/c1-2-6(8(15)16)13-9(17)10-4-3-7-11-5-12-14-7/h5-6H,2-4H2,1H3,(H,15,16)(H2,10,13,17)(H,11,12,14)/t6-/m1/s1. The molecule has 4 N–H and O–H groups in total. The number of rotatable bonds is 6. The van der Waals surface area contributed by atoms with Crippen molar-refractivity contribution in [3.8, 4) is 0 Å². The lowest BCUT2D eigenvalue weighted by Crippen LogP contribution is -2.46. The Morgan fingerprint density at radius 1 is 1.59 bits per heavy atom. The number of hydrogen-bond donors (Lipinski definition) is 4. The Hall–Kier alpha value is -2.12. The van der Waals surface area contributed by atoms with Crippen molar-refractivity contribution in [3.05, 3.63) is 12.2 Å². The summed E-state index contributed by atoms with van der Waals surface area (Å²) in [6.07, 6.45) is 2.23. The molecule has 8 nitrogen and oxygen atoms in total. The molecular formula is C9H15N5O3. The molecule has 0 bridgehead atoms. The number of aromatic nitrogens is 3. The molecule has 0 saturated heterocycles. The van der Waals surface area contributed by atoms with Gasteiger partial charge in [0.15, 0.2) is 0 Å². The smallest absolute Gasteiger partial charge is 0.326 e. The Balaban J connectivity index is 2.23. The van der Waals surface area contributed by atoms with E-state index in [4.69, 9.17) is 5.11 Å². The van der Waals surface area contributed by atoms with Gasteiger partial charge in [-0.2, -0.15) is 5.10 Å². The van der Waals surface area contributed by atoms with Gasteiger partial charge in [-0.25, -0.2) is 14.6 Å². The number of urea groups is 1. The minimum absolute atomic E-state index is 0.338. The first-order valence-corrected chi connectivity index (χ1v) is 5.25. The van der Waals surface area contributed by atoms with Crippen LogP contribution in [-0.2, 0) is 11.2 Å². The predicted octanol–water partition coefficient (Wildman–Crippen LogP) is -0.490. The second-order valence-corrected chi connectivity index (χ2v) is 3.38. The molecule has 0 aliphatic carbocycles. The molecule has 0 aliphatic heterocycles. The third-order valence-corrected chi connectivity index (χ3v) is 2.12. The zero-order valence-corrected chi connectivity index (χ0v) is 9.43. The summed E-state index contributed by atoms with van der Waals surface area (Å²) in [5.41, 5.74) is 0. The van der Waals surface area contributed by atoms with Crippen LogP contribution in [0.2, 0.25) is 0 Å². The SMILES string of the molecule is CC[C@@H](NC(=O)NCCc1ncn[nH]1)C(=O)O. The summed E-state index contributed by atoms with van der Waals surface area (Å²) in [6, 6.07) is -1.36. The van der Waals surface area contributed by atoms with Gasteiger partial charge >= 0.3 is 12.0 Å². The molecule has 0 aliphatic rings. The lowest BCUT2D eigenvalue weighted by molar-refractivity contribution is -0.139. The minimum Gasteiger partial charge on any atom is -0.480 e. The summed E-state index contributed by atoms with van der Waals surface area (Å²) in [5.74, 6) is -0.381. The van der Waals surface area contributed by atoms with Crippen LogP contribution in [0.5, 0.6) is 0 Å². The first kappa shape index (κ1) is 12.9. The summed E-state index contributed by atoms with van der Waals surface area (Å²) in [6.45, 7) is 2.05. The van der Waals surface area contributed by atoms with E-state index in [0.717, 1.165) is 0 Å². The summed E-state index contributed by atoms with van der Waals surface area (Å²) in [5, 5.41) is 19.9. The molecule has 1 aromatic heterocycles. The molecule has 1 atom stereocenters. The summed E-state index contributed by atoms with van der Waals surface area (Å²) < 4.78 is 0. The fourth-order valence-electron chi connectivity index (χ4n) is 1.19. The molecular weight excluding hydrogens is 226 g/mol. The topological polar surface area (TPSA) is 120 Å². The Morgan fingerprint density at radius 3 is 2.88 bits per heavy atom. The maximum atomic E-state index is 11.3. The van der Waals surface area contributed by atoms with Crippen molar-refractivity contribution < 1.29 is 14.7 Å². The number of hydrogen-bond acceptors (Lipinski definition) is 4. The molecule has 0 saturated carbocycles. The lowest BCUT2D eigenvalue weighted by atomic mass is 10.2. The quantitative estimate of drug-likeness (QED) is 0.535. The first-order chi connectivity index (χ1) is 8.13. The normalized spacial score (nSPS) is 11.8. The maximum Gasteiger partial charge on any atom is 0.326 e. The van der Waals surface area contributed by atoms with Crippen LogP contribution in [0.3, 0.4) is 0 Å². The molecule has 0 spiro atoms. The first-order valence-electron chi connectivity index (χ1n) is 5.25. The Labute approximate surface area is 97.8 Å². The summed E-state index contributed by atoms with van der Waals surface area (Å²) >= 11 is 0. The number of nitrogens with zero attached hydrogens (tertiary/aromatic N) is 2. The Kier molecular flexibility index (Phi) is 4.92. The largest absolute Gasteiger partial charge is 0.480 e. The van der Waals surface area contributed by atoms with Crippen LogP contribution < -0.4 is 10.6 Å². The van der Waals surface area contributed by atoms with Gasteiger partial charge in [0.05, 0.1) is 0 Å². The van der Waals surface area contributed by atoms with E-state index in [0.29, 0.717) is 25.2 Å². The van der Waals surface area contributed by atoms with Crippen molar-refractivity contribution in [2.75, 3.05) is 6.54 Å². The maximum absolute atomic E-state index is 11.3. The van der Waals surface area contributed by atoms with Crippen LogP contribution in [-0.4, -0.2) is 44.9 Å². The molecule has 94 valence electrons. The average Bonchev–Trinajstić information content (AvgIpc) is 2.78. The zero-order valence-electron chi connectivity index (χ0n) is 9.43. The van der Waals surface area contributed by atoms with E-state index in [2.05, 4.69) is 25.8 Å². The highest BCUT2D eigenvalue weighted by molar-refractivity contribution is 5.82. The van der Waals surface area contributed by atoms with E-state index in [-0.39, 0.29) is 0 Å². The monoisotopic (exact) mass is 241 g/mol. The number of amides is 2. The van der Waals surface area contributed by atoms with Gasteiger partial charge in [-0.1, -0.05) is 6.92 Å². The van der Waals surface area contributed by atoms with Crippen LogP contribution >= 0.6 is 0 Å². The average molecular weight is 241 g/mol. The number of carboxylic acid groups (broad SMARTS) is 1. The van der Waals surface area contributed by atoms with E-state index in [1.807, 2.05) is 0 Å². The fraction of sp³-hybridized carbons (Fsp3) is 0.556.